The standard InChI is InChI=1S/C19H30N4O4/c1-19(2,3)27-18(25)21(4)8-9-22-10-12-23(13-11-22)16-7-6-15(14-20-16)17(24)26-5/h6-7,14H,8-13H2,1-5H3. The number of piperazine rings is 1. The Morgan fingerprint density at radius 2 is 1.85 bits per heavy atom. The molecule has 1 aromatic heterocycles. The fourth-order valence-corrected chi connectivity index (χ4v) is 2.73. The molecular formula is C19H30N4O4. The molecule has 1 amide bonds. The molecule has 8 heteroatoms. The molecule has 27 heavy (non-hydrogen) atoms. The number of ether oxygens (including phenoxy) is 2. The molecule has 2 rings (SSSR count). The highest BCUT2D eigenvalue weighted by Gasteiger charge is 2.22. The quantitative estimate of drug-likeness (QED) is 0.724. The zero-order valence-electron chi connectivity index (χ0n) is 16.9. The highest BCUT2D eigenvalue weighted by molar-refractivity contribution is 5.89. The van der Waals surface area contributed by atoms with E-state index < -0.39 is 5.60 Å². The van der Waals surface area contributed by atoms with Gasteiger partial charge in [0.05, 0.1) is 12.7 Å². The van der Waals surface area contributed by atoms with Gasteiger partial charge < -0.3 is 19.3 Å². The third kappa shape index (κ3) is 6.39. The predicted octanol–water partition coefficient (Wildman–Crippen LogP) is 1.86. The molecule has 2 heterocycles. The normalized spacial score (nSPS) is 15.4. The van der Waals surface area contributed by atoms with Crippen molar-refractivity contribution in [3.63, 3.8) is 0 Å². The van der Waals surface area contributed by atoms with E-state index in [1.54, 1.807) is 24.2 Å². The van der Waals surface area contributed by atoms with Crippen LogP contribution in [0.25, 0.3) is 0 Å². The van der Waals surface area contributed by atoms with E-state index >= 15 is 0 Å². The average molecular weight is 378 g/mol. The van der Waals surface area contributed by atoms with Gasteiger partial charge in [0.2, 0.25) is 0 Å². The van der Waals surface area contributed by atoms with Crippen LogP contribution in [0.15, 0.2) is 18.3 Å². The van der Waals surface area contributed by atoms with E-state index in [1.165, 1.54) is 7.11 Å². The lowest BCUT2D eigenvalue weighted by atomic mass is 10.2. The average Bonchev–Trinajstić information content (AvgIpc) is 2.64. The molecule has 0 aliphatic carbocycles. The first-order valence-corrected chi connectivity index (χ1v) is 9.15. The second kappa shape index (κ2) is 9.03. The summed E-state index contributed by atoms with van der Waals surface area (Å²) in [5, 5.41) is 0. The Balaban J connectivity index is 1.77. The highest BCUT2D eigenvalue weighted by atomic mass is 16.6. The first-order chi connectivity index (χ1) is 12.7. The molecule has 1 saturated heterocycles. The number of rotatable bonds is 5. The minimum atomic E-state index is -0.479. The van der Waals surface area contributed by atoms with Crippen LogP contribution < -0.4 is 4.90 Å². The summed E-state index contributed by atoms with van der Waals surface area (Å²) in [5.74, 6) is 0.473. The van der Waals surface area contributed by atoms with Crippen LogP contribution in [0.2, 0.25) is 0 Å². The van der Waals surface area contributed by atoms with Gasteiger partial charge >= 0.3 is 12.1 Å². The fourth-order valence-electron chi connectivity index (χ4n) is 2.73. The molecule has 0 radical (unpaired) electrons. The molecule has 0 bridgehead atoms. The van der Waals surface area contributed by atoms with Crippen LogP contribution in [-0.4, -0.2) is 85.9 Å². The smallest absolute Gasteiger partial charge is 0.410 e. The number of pyridine rings is 1. The van der Waals surface area contributed by atoms with Crippen molar-refractivity contribution < 1.29 is 19.1 Å². The minimum Gasteiger partial charge on any atom is -0.465 e. The van der Waals surface area contributed by atoms with E-state index in [1.807, 2.05) is 26.8 Å². The van der Waals surface area contributed by atoms with Crippen molar-refractivity contribution >= 4 is 17.9 Å². The summed E-state index contributed by atoms with van der Waals surface area (Å²) in [4.78, 5) is 34.0. The van der Waals surface area contributed by atoms with Crippen molar-refractivity contribution in [2.45, 2.75) is 26.4 Å². The Morgan fingerprint density at radius 3 is 2.37 bits per heavy atom. The maximum Gasteiger partial charge on any atom is 0.410 e. The number of anilines is 1. The van der Waals surface area contributed by atoms with Gasteiger partial charge in [-0.15, -0.1) is 0 Å². The number of amides is 1. The van der Waals surface area contributed by atoms with E-state index in [2.05, 4.69) is 19.5 Å². The van der Waals surface area contributed by atoms with Crippen LogP contribution in [-0.2, 0) is 9.47 Å². The van der Waals surface area contributed by atoms with Gasteiger partial charge in [-0.1, -0.05) is 0 Å². The first kappa shape index (κ1) is 21.0. The Bertz CT molecular complexity index is 634. The molecule has 0 atom stereocenters. The molecule has 8 nitrogen and oxygen atoms in total. The van der Waals surface area contributed by atoms with Crippen LogP contribution in [0, 0.1) is 0 Å². The Hall–Kier alpha value is -2.35. The molecule has 1 aromatic rings. The molecule has 0 unspecified atom stereocenters. The van der Waals surface area contributed by atoms with Crippen molar-refractivity contribution in [2.24, 2.45) is 0 Å². The number of likely N-dealkylation sites (N-methyl/N-ethyl adjacent to an activating group) is 1. The molecular weight excluding hydrogens is 348 g/mol. The number of aromatic nitrogens is 1. The number of carbonyl (C=O) groups excluding carboxylic acids is 2. The van der Waals surface area contributed by atoms with Crippen molar-refractivity contribution in [2.75, 3.05) is 58.3 Å². The third-order valence-electron chi connectivity index (χ3n) is 4.32. The Morgan fingerprint density at radius 1 is 1.19 bits per heavy atom. The highest BCUT2D eigenvalue weighted by Crippen LogP contribution is 2.15. The van der Waals surface area contributed by atoms with Crippen molar-refractivity contribution in [1.29, 1.82) is 0 Å². The van der Waals surface area contributed by atoms with Crippen molar-refractivity contribution in [1.82, 2.24) is 14.8 Å². The Labute approximate surface area is 161 Å². The Kier molecular flexibility index (Phi) is 7.01. The molecule has 0 aromatic carbocycles. The van der Waals surface area contributed by atoms with Gasteiger partial charge in [-0.25, -0.2) is 14.6 Å². The van der Waals surface area contributed by atoms with Crippen molar-refractivity contribution in [3.05, 3.63) is 23.9 Å². The monoisotopic (exact) mass is 378 g/mol. The zero-order valence-corrected chi connectivity index (χ0v) is 16.9. The van der Waals surface area contributed by atoms with Gasteiger partial charge in [0, 0.05) is 52.5 Å². The lowest BCUT2D eigenvalue weighted by molar-refractivity contribution is 0.0282. The van der Waals surface area contributed by atoms with Crippen LogP contribution in [0.5, 0.6) is 0 Å². The van der Waals surface area contributed by atoms with Crippen molar-refractivity contribution in [3.8, 4) is 0 Å². The van der Waals surface area contributed by atoms with Crippen LogP contribution in [0.4, 0.5) is 10.6 Å². The number of hydrogen-bond acceptors (Lipinski definition) is 7. The van der Waals surface area contributed by atoms with E-state index in [0.29, 0.717) is 12.1 Å². The number of esters is 1. The second-order valence-corrected chi connectivity index (χ2v) is 7.63. The summed E-state index contributed by atoms with van der Waals surface area (Å²) >= 11 is 0. The number of hydrogen-bond donors (Lipinski definition) is 0. The molecule has 1 fully saturated rings. The molecule has 0 N–H and O–H groups in total. The minimum absolute atomic E-state index is 0.295. The van der Waals surface area contributed by atoms with Gasteiger partial charge in [0.15, 0.2) is 0 Å². The lowest BCUT2D eigenvalue weighted by Crippen LogP contribution is -2.49. The maximum atomic E-state index is 12.0. The topological polar surface area (TPSA) is 75.2 Å². The molecule has 1 aliphatic heterocycles. The summed E-state index contributed by atoms with van der Waals surface area (Å²) in [5.41, 5.74) is -0.0297. The number of nitrogens with zero attached hydrogens (tertiary/aromatic N) is 4. The van der Waals surface area contributed by atoms with E-state index in [-0.39, 0.29) is 12.1 Å². The van der Waals surface area contributed by atoms with Gasteiger partial charge in [0.1, 0.15) is 11.4 Å². The van der Waals surface area contributed by atoms with Gasteiger partial charge in [-0.05, 0) is 32.9 Å². The summed E-state index contributed by atoms with van der Waals surface area (Å²) < 4.78 is 10.1. The van der Waals surface area contributed by atoms with Crippen LogP contribution >= 0.6 is 0 Å². The van der Waals surface area contributed by atoms with Crippen LogP contribution in [0.1, 0.15) is 31.1 Å². The first-order valence-electron chi connectivity index (χ1n) is 9.15. The summed E-state index contributed by atoms with van der Waals surface area (Å²) in [7, 11) is 3.12. The van der Waals surface area contributed by atoms with Gasteiger partial charge in [0.25, 0.3) is 0 Å². The largest absolute Gasteiger partial charge is 0.465 e. The lowest BCUT2D eigenvalue weighted by Gasteiger charge is -2.36. The van der Waals surface area contributed by atoms with Gasteiger partial charge in [-0.2, -0.15) is 0 Å². The molecule has 1 aliphatic rings. The summed E-state index contributed by atoms with van der Waals surface area (Å²) in [6.07, 6.45) is 1.25. The zero-order chi connectivity index (χ0) is 20.0. The number of methoxy groups -OCH3 is 1. The van der Waals surface area contributed by atoms with E-state index in [9.17, 15) is 9.59 Å². The summed E-state index contributed by atoms with van der Waals surface area (Å²) in [6, 6.07) is 3.58. The summed E-state index contributed by atoms with van der Waals surface area (Å²) in [6.45, 7) is 10.5. The van der Waals surface area contributed by atoms with E-state index in [0.717, 1.165) is 38.5 Å². The second-order valence-electron chi connectivity index (χ2n) is 7.63. The maximum absolute atomic E-state index is 12.0. The molecule has 0 spiro atoms. The predicted molar refractivity (Wildman–Crippen MR) is 103 cm³/mol. The fraction of sp³-hybridized carbons (Fsp3) is 0.632. The molecule has 150 valence electrons. The van der Waals surface area contributed by atoms with E-state index in [4.69, 9.17) is 4.74 Å². The van der Waals surface area contributed by atoms with Crippen LogP contribution in [0.3, 0.4) is 0 Å². The third-order valence-corrected chi connectivity index (χ3v) is 4.32. The number of carbonyl (C=O) groups is 2. The molecule has 0 saturated carbocycles. The SMILES string of the molecule is COC(=O)c1ccc(N2CCN(CCN(C)C(=O)OC(C)(C)C)CC2)nc1. The van der Waals surface area contributed by atoms with Gasteiger partial charge in [-0.3, -0.25) is 4.90 Å².